The molecule has 0 spiro atoms. The number of halogens is 4. The Morgan fingerprint density at radius 3 is 2.82 bits per heavy atom. The Hall–Kier alpha value is -2.10. The number of thioether (sulfide) groups is 1. The van der Waals surface area contributed by atoms with Gasteiger partial charge in [0.05, 0.1) is 5.75 Å². The summed E-state index contributed by atoms with van der Waals surface area (Å²) in [6, 6.07) is 5.29. The lowest BCUT2D eigenvalue weighted by Crippen LogP contribution is -2.19. The molecule has 1 heterocycles. The van der Waals surface area contributed by atoms with Gasteiger partial charge in [0.25, 0.3) is 0 Å². The van der Waals surface area contributed by atoms with Crippen LogP contribution < -0.4 is 5.32 Å². The summed E-state index contributed by atoms with van der Waals surface area (Å²) in [5.74, 6) is -1.17. The summed E-state index contributed by atoms with van der Waals surface area (Å²) in [6.45, 7) is -1.23. The molecule has 118 valence electrons. The minimum Gasteiger partial charge on any atom is -0.325 e. The molecular weight excluding hydrogens is 324 g/mol. The lowest BCUT2D eigenvalue weighted by molar-refractivity contribution is -0.142. The van der Waals surface area contributed by atoms with Crippen molar-refractivity contribution in [2.75, 3.05) is 11.1 Å². The van der Waals surface area contributed by atoms with Crippen LogP contribution >= 0.6 is 11.8 Å². The van der Waals surface area contributed by atoms with Crippen LogP contribution in [0, 0.1) is 5.82 Å². The fourth-order valence-electron chi connectivity index (χ4n) is 1.55. The minimum absolute atomic E-state index is 0.0216. The molecule has 0 saturated carbocycles. The number of rotatable bonds is 5. The Morgan fingerprint density at radius 2 is 2.14 bits per heavy atom. The van der Waals surface area contributed by atoms with Crippen LogP contribution in [0.5, 0.6) is 0 Å². The Kier molecular flexibility index (Phi) is 5.01. The fraction of sp³-hybridized carbons (Fsp3) is 0.250. The zero-order chi connectivity index (χ0) is 16.2. The normalized spacial score (nSPS) is 11.5. The Morgan fingerprint density at radius 1 is 1.36 bits per heavy atom. The number of carbonyl (C=O) groups excluding carboxylic acids is 1. The quantitative estimate of drug-likeness (QED) is 0.675. The van der Waals surface area contributed by atoms with Gasteiger partial charge in [0.15, 0.2) is 5.16 Å². The zero-order valence-electron chi connectivity index (χ0n) is 11.0. The molecule has 1 amide bonds. The van der Waals surface area contributed by atoms with Crippen molar-refractivity contribution in [2.45, 2.75) is 17.9 Å². The van der Waals surface area contributed by atoms with E-state index < -0.39 is 24.4 Å². The number of hydrogen-bond donors (Lipinski definition) is 1. The maximum absolute atomic E-state index is 13.0. The van der Waals surface area contributed by atoms with E-state index in [4.69, 9.17) is 0 Å². The highest BCUT2D eigenvalue weighted by Crippen LogP contribution is 2.22. The van der Waals surface area contributed by atoms with Gasteiger partial charge in [-0.15, -0.1) is 10.2 Å². The highest BCUT2D eigenvalue weighted by molar-refractivity contribution is 7.99. The van der Waals surface area contributed by atoms with Crippen molar-refractivity contribution >= 4 is 23.4 Å². The molecule has 0 bridgehead atoms. The first-order chi connectivity index (χ1) is 10.3. The van der Waals surface area contributed by atoms with Gasteiger partial charge in [0, 0.05) is 5.69 Å². The maximum Gasteiger partial charge on any atom is 0.406 e. The highest BCUT2D eigenvalue weighted by atomic mass is 32.2. The summed E-state index contributed by atoms with van der Waals surface area (Å²) < 4.78 is 50.7. The highest BCUT2D eigenvalue weighted by Gasteiger charge is 2.29. The van der Waals surface area contributed by atoms with E-state index in [1.807, 2.05) is 0 Å². The molecule has 5 nitrogen and oxygen atoms in total. The van der Waals surface area contributed by atoms with Gasteiger partial charge in [0.2, 0.25) is 5.91 Å². The minimum atomic E-state index is -4.40. The fourth-order valence-corrected chi connectivity index (χ4v) is 2.27. The van der Waals surface area contributed by atoms with E-state index in [-0.39, 0.29) is 16.6 Å². The number of nitrogens with one attached hydrogen (secondary N) is 1. The van der Waals surface area contributed by atoms with E-state index in [1.165, 1.54) is 18.2 Å². The summed E-state index contributed by atoms with van der Waals surface area (Å²) in [5, 5.41) is 9.33. The second kappa shape index (κ2) is 6.77. The van der Waals surface area contributed by atoms with Gasteiger partial charge in [-0.3, -0.25) is 9.36 Å². The number of benzene rings is 1. The van der Waals surface area contributed by atoms with Crippen LogP contribution in [-0.4, -0.2) is 32.6 Å². The first-order valence-corrected chi connectivity index (χ1v) is 6.95. The first kappa shape index (κ1) is 16.3. The predicted molar refractivity (Wildman–Crippen MR) is 71.8 cm³/mol. The van der Waals surface area contributed by atoms with Crippen LogP contribution in [0.1, 0.15) is 0 Å². The lowest BCUT2D eigenvalue weighted by atomic mass is 10.3. The van der Waals surface area contributed by atoms with E-state index in [0.29, 0.717) is 0 Å². The second-order valence-corrected chi connectivity index (χ2v) is 5.15. The summed E-state index contributed by atoms with van der Waals surface area (Å²) in [7, 11) is 0. The van der Waals surface area contributed by atoms with E-state index in [9.17, 15) is 22.4 Å². The molecule has 10 heteroatoms. The molecule has 0 radical (unpaired) electrons. The van der Waals surface area contributed by atoms with Crippen LogP contribution in [0.3, 0.4) is 0 Å². The molecule has 0 aliphatic heterocycles. The molecular formula is C12H10F4N4OS. The van der Waals surface area contributed by atoms with Crippen molar-refractivity contribution in [2.24, 2.45) is 0 Å². The number of aromatic nitrogens is 3. The molecule has 22 heavy (non-hydrogen) atoms. The van der Waals surface area contributed by atoms with E-state index in [2.05, 4.69) is 15.5 Å². The van der Waals surface area contributed by atoms with Crippen molar-refractivity contribution in [3.8, 4) is 0 Å². The molecule has 2 aromatic rings. The predicted octanol–water partition coefficient (Wildman–Crippen LogP) is 2.71. The van der Waals surface area contributed by atoms with E-state index >= 15 is 0 Å². The van der Waals surface area contributed by atoms with Crippen molar-refractivity contribution < 1.29 is 22.4 Å². The molecule has 0 aliphatic carbocycles. The van der Waals surface area contributed by atoms with Gasteiger partial charge in [-0.2, -0.15) is 13.2 Å². The number of amides is 1. The molecule has 1 N–H and O–H groups in total. The second-order valence-electron chi connectivity index (χ2n) is 4.20. The largest absolute Gasteiger partial charge is 0.406 e. The summed E-state index contributed by atoms with van der Waals surface area (Å²) in [4.78, 5) is 11.7. The number of carbonyl (C=O) groups is 1. The van der Waals surface area contributed by atoms with Gasteiger partial charge >= 0.3 is 6.18 Å². The van der Waals surface area contributed by atoms with Crippen LogP contribution in [-0.2, 0) is 11.3 Å². The summed E-state index contributed by atoms with van der Waals surface area (Å²) in [6.07, 6.45) is -3.46. The monoisotopic (exact) mass is 334 g/mol. The molecule has 0 atom stereocenters. The van der Waals surface area contributed by atoms with Crippen molar-refractivity contribution in [3.63, 3.8) is 0 Å². The molecule has 0 saturated heterocycles. The number of nitrogens with zero attached hydrogens (tertiary/aromatic N) is 3. The van der Waals surface area contributed by atoms with Crippen molar-refractivity contribution in [1.29, 1.82) is 0 Å². The third-order valence-electron chi connectivity index (χ3n) is 2.37. The Labute approximate surface area is 126 Å². The molecule has 0 unspecified atom stereocenters. The molecule has 1 aromatic heterocycles. The molecule has 1 aromatic carbocycles. The van der Waals surface area contributed by atoms with Crippen LogP contribution in [0.15, 0.2) is 35.7 Å². The molecule has 2 rings (SSSR count). The van der Waals surface area contributed by atoms with Crippen LogP contribution in [0.2, 0.25) is 0 Å². The Balaban J connectivity index is 1.90. The lowest BCUT2D eigenvalue weighted by Gasteiger charge is -2.09. The third-order valence-corrected chi connectivity index (χ3v) is 3.35. The van der Waals surface area contributed by atoms with Gasteiger partial charge in [-0.05, 0) is 18.2 Å². The topological polar surface area (TPSA) is 59.8 Å². The third kappa shape index (κ3) is 5.02. The molecule has 0 aliphatic rings. The Bertz CT molecular complexity index is 659. The van der Waals surface area contributed by atoms with Gasteiger partial charge in [-0.25, -0.2) is 4.39 Å². The number of hydrogen-bond acceptors (Lipinski definition) is 4. The summed E-state index contributed by atoms with van der Waals surface area (Å²) >= 11 is 0.810. The van der Waals surface area contributed by atoms with Crippen LogP contribution in [0.4, 0.5) is 23.2 Å². The SMILES string of the molecule is O=C(CSc1nncn1CC(F)(F)F)Nc1cccc(F)c1. The number of anilines is 1. The van der Waals surface area contributed by atoms with Crippen LogP contribution in [0.25, 0.3) is 0 Å². The molecule has 0 fully saturated rings. The number of alkyl halides is 3. The van der Waals surface area contributed by atoms with Crippen molar-refractivity contribution in [3.05, 3.63) is 36.4 Å². The standard InChI is InChI=1S/C12H10F4N4OS/c13-8-2-1-3-9(4-8)18-10(21)5-22-11-19-17-7-20(11)6-12(14,15)16/h1-4,7H,5-6H2,(H,18,21). The van der Waals surface area contributed by atoms with Gasteiger partial charge in [-0.1, -0.05) is 17.8 Å². The summed E-state index contributed by atoms with van der Waals surface area (Å²) in [5.41, 5.74) is 0.266. The van der Waals surface area contributed by atoms with Crippen molar-refractivity contribution in [1.82, 2.24) is 14.8 Å². The smallest absolute Gasteiger partial charge is 0.325 e. The van der Waals surface area contributed by atoms with Gasteiger partial charge < -0.3 is 5.32 Å². The average molecular weight is 334 g/mol. The van der Waals surface area contributed by atoms with E-state index in [0.717, 1.165) is 28.7 Å². The first-order valence-electron chi connectivity index (χ1n) is 5.96. The maximum atomic E-state index is 13.0. The van der Waals surface area contributed by atoms with Gasteiger partial charge in [0.1, 0.15) is 18.7 Å². The van der Waals surface area contributed by atoms with E-state index in [1.54, 1.807) is 0 Å². The zero-order valence-corrected chi connectivity index (χ0v) is 11.8. The average Bonchev–Trinajstić information content (AvgIpc) is 2.81.